The van der Waals surface area contributed by atoms with E-state index in [1.54, 1.807) is 33.2 Å². The molecule has 2 fully saturated rings. The smallest absolute Gasteiger partial charge is 0.319 e. The molecule has 7 heteroatoms. The number of ether oxygens (including phenoxy) is 1. The van der Waals surface area contributed by atoms with Gasteiger partial charge in [-0.1, -0.05) is 0 Å². The molecule has 2 aliphatic rings. The molecule has 7 nitrogen and oxygen atoms in total. The van der Waals surface area contributed by atoms with Crippen LogP contribution in [0.25, 0.3) is 0 Å². The zero-order valence-electron chi connectivity index (χ0n) is 14.3. The van der Waals surface area contributed by atoms with Crippen molar-refractivity contribution >= 4 is 23.3 Å². The highest BCUT2D eigenvalue weighted by Crippen LogP contribution is 2.35. The first kappa shape index (κ1) is 16.5. The highest BCUT2D eigenvalue weighted by atomic mass is 16.6. The van der Waals surface area contributed by atoms with Crippen molar-refractivity contribution in [1.29, 1.82) is 0 Å². The topological polar surface area (TPSA) is 97.5 Å². The van der Waals surface area contributed by atoms with Crippen molar-refractivity contribution in [2.75, 3.05) is 23.7 Å². The molecule has 3 atom stereocenters. The quantitative estimate of drug-likeness (QED) is 0.618. The van der Waals surface area contributed by atoms with E-state index < -0.39 is 17.5 Å². The van der Waals surface area contributed by atoms with Gasteiger partial charge in [-0.25, -0.2) is 0 Å². The molecule has 2 saturated heterocycles. The van der Waals surface area contributed by atoms with E-state index in [0.717, 1.165) is 18.7 Å². The number of anilines is 2. The van der Waals surface area contributed by atoms with Crippen molar-refractivity contribution in [1.82, 2.24) is 10.3 Å². The molecule has 1 unspecified atom stereocenters. The van der Waals surface area contributed by atoms with Crippen LogP contribution in [0.4, 0.5) is 11.4 Å². The fourth-order valence-electron chi connectivity index (χ4n) is 3.52. The van der Waals surface area contributed by atoms with Gasteiger partial charge in [0.15, 0.2) is 0 Å². The van der Waals surface area contributed by atoms with Crippen LogP contribution in [0.15, 0.2) is 18.5 Å². The van der Waals surface area contributed by atoms with E-state index in [0.29, 0.717) is 12.2 Å². The summed E-state index contributed by atoms with van der Waals surface area (Å²) in [6.45, 7) is 6.78. The summed E-state index contributed by atoms with van der Waals surface area (Å²) in [6.07, 6.45) is 4.09. The minimum absolute atomic E-state index is 0.00864. The van der Waals surface area contributed by atoms with Gasteiger partial charge >= 0.3 is 5.97 Å². The van der Waals surface area contributed by atoms with Crippen molar-refractivity contribution in [3.05, 3.63) is 18.5 Å². The Morgan fingerprint density at radius 3 is 2.88 bits per heavy atom. The van der Waals surface area contributed by atoms with E-state index in [9.17, 15) is 9.59 Å². The number of aromatic nitrogens is 1. The predicted molar refractivity (Wildman–Crippen MR) is 90.2 cm³/mol. The van der Waals surface area contributed by atoms with E-state index in [2.05, 4.69) is 15.2 Å². The second kappa shape index (κ2) is 5.96. The summed E-state index contributed by atoms with van der Waals surface area (Å²) in [5, 5.41) is 2.95. The zero-order chi connectivity index (χ0) is 17.5. The number of rotatable bonds is 2. The average Bonchev–Trinajstić information content (AvgIpc) is 2.81. The number of piperidine rings is 1. The van der Waals surface area contributed by atoms with Crippen molar-refractivity contribution in [3.63, 3.8) is 0 Å². The Kier molecular flexibility index (Phi) is 4.11. The number of hydrogen-bond donors (Lipinski definition) is 2. The third-order valence-corrected chi connectivity index (χ3v) is 4.53. The lowest BCUT2D eigenvalue weighted by molar-refractivity contribution is -0.162. The number of carbonyl (C=O) groups is 2. The summed E-state index contributed by atoms with van der Waals surface area (Å²) in [7, 11) is 0. The van der Waals surface area contributed by atoms with Crippen molar-refractivity contribution in [2.45, 2.75) is 38.8 Å². The summed E-state index contributed by atoms with van der Waals surface area (Å²) >= 11 is 0. The fourth-order valence-corrected chi connectivity index (χ4v) is 3.52. The number of pyridine rings is 1. The molecule has 3 N–H and O–H groups in total. The number of hydrogen-bond acceptors (Lipinski definition) is 6. The van der Waals surface area contributed by atoms with E-state index >= 15 is 0 Å². The van der Waals surface area contributed by atoms with Gasteiger partial charge in [0.2, 0.25) is 5.91 Å². The highest BCUT2D eigenvalue weighted by molar-refractivity contribution is 6.00. The third kappa shape index (κ3) is 3.16. The Morgan fingerprint density at radius 2 is 2.21 bits per heavy atom. The van der Waals surface area contributed by atoms with Gasteiger partial charge in [0, 0.05) is 31.2 Å². The number of amides is 1. The molecule has 0 saturated carbocycles. The van der Waals surface area contributed by atoms with Crippen LogP contribution in [0.2, 0.25) is 0 Å². The normalized spacial score (nSPS) is 26.7. The molecule has 0 aromatic carbocycles. The second-order valence-electron chi connectivity index (χ2n) is 7.46. The summed E-state index contributed by atoms with van der Waals surface area (Å²) < 4.78 is 5.45. The number of fused-ring (bicyclic) bond motifs is 1. The van der Waals surface area contributed by atoms with Crippen LogP contribution in [0.5, 0.6) is 0 Å². The lowest BCUT2D eigenvalue weighted by atomic mass is 9.85. The van der Waals surface area contributed by atoms with Crippen LogP contribution < -0.4 is 16.0 Å². The maximum absolute atomic E-state index is 12.5. The zero-order valence-corrected chi connectivity index (χ0v) is 14.3. The second-order valence-corrected chi connectivity index (χ2v) is 7.46. The summed E-state index contributed by atoms with van der Waals surface area (Å²) in [5.41, 5.74) is 6.90. The molecule has 2 aliphatic heterocycles. The fraction of sp³-hybridized carbons (Fsp3) is 0.588. The number of nitrogen functional groups attached to an aromatic ring is 1. The molecule has 1 amide bonds. The molecule has 3 heterocycles. The van der Waals surface area contributed by atoms with Crippen LogP contribution in [0.3, 0.4) is 0 Å². The number of carbonyl (C=O) groups excluding carboxylic acids is 2. The van der Waals surface area contributed by atoms with Gasteiger partial charge in [-0.05, 0) is 33.3 Å². The molecule has 1 aromatic rings. The first-order valence-electron chi connectivity index (χ1n) is 8.24. The van der Waals surface area contributed by atoms with Crippen LogP contribution in [0.1, 0.15) is 27.2 Å². The number of esters is 1. The summed E-state index contributed by atoms with van der Waals surface area (Å²) in [5.74, 6) is -1.56. The molecular formula is C17H24N4O3. The van der Waals surface area contributed by atoms with E-state index in [-0.39, 0.29) is 17.9 Å². The van der Waals surface area contributed by atoms with Crippen LogP contribution in [0, 0.1) is 11.8 Å². The van der Waals surface area contributed by atoms with Gasteiger partial charge < -0.3 is 20.7 Å². The molecule has 0 bridgehead atoms. The van der Waals surface area contributed by atoms with Gasteiger partial charge in [0.1, 0.15) is 11.5 Å². The summed E-state index contributed by atoms with van der Waals surface area (Å²) in [6, 6.07) is 1.87. The highest BCUT2D eigenvalue weighted by Gasteiger charge is 2.50. The molecule has 3 rings (SSSR count). The molecule has 1 aromatic heterocycles. The van der Waals surface area contributed by atoms with E-state index in [1.807, 2.05) is 6.07 Å². The minimum atomic E-state index is -0.764. The molecule has 0 aliphatic carbocycles. The number of nitrogens with one attached hydrogen (secondary N) is 1. The first-order valence-corrected chi connectivity index (χ1v) is 8.24. The maximum Gasteiger partial charge on any atom is 0.319 e. The number of nitrogens with two attached hydrogens (primary N) is 1. The lowest BCUT2D eigenvalue weighted by Crippen LogP contribution is -2.47. The predicted octanol–water partition coefficient (Wildman–Crippen LogP) is 0.946. The SMILES string of the molecule is CC(C)(C)OC(=O)C1C(=O)N[C@H]2CCN(c3ccncc3N)C[C@@H]12. The van der Waals surface area contributed by atoms with Gasteiger partial charge in [0.25, 0.3) is 0 Å². The Morgan fingerprint density at radius 1 is 1.46 bits per heavy atom. The lowest BCUT2D eigenvalue weighted by Gasteiger charge is -2.37. The molecule has 0 radical (unpaired) electrons. The summed E-state index contributed by atoms with van der Waals surface area (Å²) in [4.78, 5) is 30.9. The van der Waals surface area contributed by atoms with Crippen LogP contribution in [-0.4, -0.2) is 41.6 Å². The van der Waals surface area contributed by atoms with Crippen molar-refractivity contribution in [2.24, 2.45) is 11.8 Å². The monoisotopic (exact) mass is 332 g/mol. The van der Waals surface area contributed by atoms with Crippen LogP contribution in [-0.2, 0) is 14.3 Å². The Labute approximate surface area is 141 Å². The number of nitrogens with zero attached hydrogens (tertiary/aromatic N) is 2. The Bertz CT molecular complexity index is 655. The van der Waals surface area contributed by atoms with E-state index in [4.69, 9.17) is 10.5 Å². The molecule has 0 spiro atoms. The van der Waals surface area contributed by atoms with Gasteiger partial charge in [-0.3, -0.25) is 14.6 Å². The third-order valence-electron chi connectivity index (χ3n) is 4.53. The van der Waals surface area contributed by atoms with Gasteiger partial charge in [0.05, 0.1) is 17.6 Å². The Balaban J connectivity index is 1.80. The van der Waals surface area contributed by atoms with Crippen molar-refractivity contribution in [3.8, 4) is 0 Å². The molecule has 24 heavy (non-hydrogen) atoms. The van der Waals surface area contributed by atoms with Crippen molar-refractivity contribution < 1.29 is 14.3 Å². The molecular weight excluding hydrogens is 308 g/mol. The van der Waals surface area contributed by atoms with Gasteiger partial charge in [-0.2, -0.15) is 0 Å². The average molecular weight is 332 g/mol. The Hall–Kier alpha value is -2.31. The standard InChI is InChI=1S/C17H24N4O3/c1-17(2,3)24-16(23)14-10-9-21(7-5-12(10)20-15(14)22)13-4-6-19-8-11(13)18/h4,6,8,10,12,14H,5,7,9,18H2,1-3H3,(H,20,22)/t10-,12+,14?/m1/s1. The van der Waals surface area contributed by atoms with Gasteiger partial charge in [-0.15, -0.1) is 0 Å². The minimum Gasteiger partial charge on any atom is -0.459 e. The first-order chi connectivity index (χ1) is 11.3. The maximum atomic E-state index is 12.5. The van der Waals surface area contributed by atoms with E-state index in [1.165, 1.54) is 0 Å². The molecule has 130 valence electrons. The van der Waals surface area contributed by atoms with Crippen LogP contribution >= 0.6 is 0 Å². The largest absolute Gasteiger partial charge is 0.459 e.